The van der Waals surface area contributed by atoms with E-state index in [1.165, 1.54) is 31.4 Å². The fourth-order valence-corrected chi connectivity index (χ4v) is 3.32. The molecule has 2 unspecified atom stereocenters. The normalized spacial score (nSPS) is 21.3. The van der Waals surface area contributed by atoms with E-state index in [0.717, 1.165) is 30.2 Å². The van der Waals surface area contributed by atoms with E-state index >= 15 is 0 Å². The molecule has 1 saturated heterocycles. The molecule has 0 spiro atoms. The minimum absolute atomic E-state index is 0.140. The average molecular weight is 316 g/mol. The molecule has 23 heavy (non-hydrogen) atoms. The molecule has 3 rings (SSSR count). The van der Waals surface area contributed by atoms with E-state index in [9.17, 15) is 8.78 Å². The van der Waals surface area contributed by atoms with Crippen LogP contribution < -0.4 is 0 Å². The summed E-state index contributed by atoms with van der Waals surface area (Å²) in [5.74, 6) is -0.422. The van der Waals surface area contributed by atoms with Gasteiger partial charge < -0.3 is 4.74 Å². The Kier molecular flexibility index (Phi) is 5.06. The lowest BCUT2D eigenvalue weighted by atomic mass is 9.91. The van der Waals surface area contributed by atoms with Gasteiger partial charge in [-0.3, -0.25) is 0 Å². The van der Waals surface area contributed by atoms with Crippen LogP contribution >= 0.6 is 0 Å². The van der Waals surface area contributed by atoms with Crippen LogP contribution in [0, 0.1) is 17.6 Å². The summed E-state index contributed by atoms with van der Waals surface area (Å²) >= 11 is 0. The van der Waals surface area contributed by atoms with Gasteiger partial charge in [-0.15, -0.1) is 0 Å². The quantitative estimate of drug-likeness (QED) is 0.682. The molecule has 0 aliphatic carbocycles. The van der Waals surface area contributed by atoms with E-state index in [1.54, 1.807) is 0 Å². The van der Waals surface area contributed by atoms with Gasteiger partial charge in [0.15, 0.2) is 0 Å². The summed E-state index contributed by atoms with van der Waals surface area (Å²) in [6, 6.07) is 11.4. The predicted octanol–water partition coefficient (Wildman–Crippen LogP) is 5.90. The Morgan fingerprint density at radius 3 is 2.22 bits per heavy atom. The molecular formula is C20H22F2O. The maximum atomic E-state index is 13.3. The van der Waals surface area contributed by atoms with E-state index in [2.05, 4.69) is 6.92 Å². The third kappa shape index (κ3) is 3.97. The van der Waals surface area contributed by atoms with Crippen molar-refractivity contribution in [2.45, 2.75) is 38.7 Å². The molecule has 2 atom stereocenters. The highest BCUT2D eigenvalue weighted by Crippen LogP contribution is 2.33. The van der Waals surface area contributed by atoms with Crippen LogP contribution in [0.25, 0.3) is 11.1 Å². The highest BCUT2D eigenvalue weighted by molar-refractivity contribution is 5.63. The van der Waals surface area contributed by atoms with Gasteiger partial charge in [-0.2, -0.15) is 0 Å². The number of hydrogen-bond donors (Lipinski definition) is 0. The number of ether oxygens (including phenoxy) is 1. The molecule has 3 heteroatoms. The molecule has 2 aromatic rings. The van der Waals surface area contributed by atoms with Crippen molar-refractivity contribution < 1.29 is 13.5 Å². The van der Waals surface area contributed by atoms with Crippen LogP contribution in [0.15, 0.2) is 42.5 Å². The van der Waals surface area contributed by atoms with Gasteiger partial charge in [-0.1, -0.05) is 37.6 Å². The fraction of sp³-hybridized carbons (Fsp3) is 0.400. The van der Waals surface area contributed by atoms with Gasteiger partial charge in [0.2, 0.25) is 0 Å². The molecular weight excluding hydrogens is 294 g/mol. The first-order chi connectivity index (χ1) is 11.2. The molecule has 122 valence electrons. The van der Waals surface area contributed by atoms with E-state index in [4.69, 9.17) is 4.74 Å². The van der Waals surface area contributed by atoms with Gasteiger partial charge in [0.1, 0.15) is 11.6 Å². The summed E-state index contributed by atoms with van der Waals surface area (Å²) in [4.78, 5) is 0. The van der Waals surface area contributed by atoms with Gasteiger partial charge in [0.05, 0.1) is 12.7 Å². The van der Waals surface area contributed by atoms with Gasteiger partial charge in [0, 0.05) is 6.07 Å². The number of benzene rings is 2. The Labute approximate surface area is 136 Å². The number of hydrogen-bond acceptors (Lipinski definition) is 1. The Bertz CT molecular complexity index is 623. The van der Waals surface area contributed by atoms with Crippen molar-refractivity contribution in [3.05, 3.63) is 59.7 Å². The van der Waals surface area contributed by atoms with Crippen molar-refractivity contribution in [3.63, 3.8) is 0 Å². The first kappa shape index (κ1) is 16.1. The Balaban J connectivity index is 1.70. The highest BCUT2D eigenvalue weighted by Gasteiger charge is 2.22. The zero-order chi connectivity index (χ0) is 16.2. The van der Waals surface area contributed by atoms with E-state index in [0.29, 0.717) is 11.5 Å². The topological polar surface area (TPSA) is 9.23 Å². The Morgan fingerprint density at radius 1 is 0.957 bits per heavy atom. The van der Waals surface area contributed by atoms with Crippen LogP contribution in [-0.4, -0.2) is 6.61 Å². The van der Waals surface area contributed by atoms with Crippen molar-refractivity contribution in [1.29, 1.82) is 0 Å². The van der Waals surface area contributed by atoms with E-state index in [-0.39, 0.29) is 6.10 Å². The molecule has 0 bridgehead atoms. The highest BCUT2D eigenvalue weighted by atomic mass is 19.1. The van der Waals surface area contributed by atoms with Crippen LogP contribution in [0.1, 0.15) is 44.3 Å². The second-order valence-corrected chi connectivity index (χ2v) is 6.33. The van der Waals surface area contributed by atoms with Crippen molar-refractivity contribution in [2.24, 2.45) is 5.92 Å². The number of halogens is 2. The maximum absolute atomic E-state index is 13.3. The van der Waals surface area contributed by atoms with Crippen LogP contribution in [-0.2, 0) is 4.74 Å². The van der Waals surface area contributed by atoms with Crippen molar-refractivity contribution in [1.82, 2.24) is 0 Å². The summed E-state index contributed by atoms with van der Waals surface area (Å²) in [6.07, 6.45) is 4.82. The van der Waals surface area contributed by atoms with Crippen LogP contribution in [0.4, 0.5) is 8.78 Å². The molecule has 0 N–H and O–H groups in total. The predicted molar refractivity (Wildman–Crippen MR) is 88.1 cm³/mol. The number of rotatable bonds is 4. The van der Waals surface area contributed by atoms with Gasteiger partial charge in [-0.25, -0.2) is 8.78 Å². The first-order valence-electron chi connectivity index (χ1n) is 8.33. The molecule has 1 aliphatic heterocycles. The molecule has 0 aromatic heterocycles. The summed E-state index contributed by atoms with van der Waals surface area (Å²) in [6.45, 7) is 3.04. The van der Waals surface area contributed by atoms with Crippen LogP contribution in [0.3, 0.4) is 0 Å². The van der Waals surface area contributed by atoms with Crippen molar-refractivity contribution >= 4 is 0 Å². The smallest absolute Gasteiger partial charge is 0.126 e. The molecule has 0 radical (unpaired) electrons. The molecule has 1 fully saturated rings. The Morgan fingerprint density at radius 2 is 1.65 bits per heavy atom. The average Bonchev–Trinajstić information content (AvgIpc) is 2.55. The molecule has 1 nitrogen and oxygen atoms in total. The zero-order valence-corrected chi connectivity index (χ0v) is 13.4. The van der Waals surface area contributed by atoms with Crippen LogP contribution in [0.5, 0.6) is 0 Å². The molecule has 1 aliphatic rings. The van der Waals surface area contributed by atoms with Crippen molar-refractivity contribution in [3.8, 4) is 11.1 Å². The van der Waals surface area contributed by atoms with Gasteiger partial charge in [-0.05, 0) is 54.0 Å². The van der Waals surface area contributed by atoms with Gasteiger partial charge in [0.25, 0.3) is 0 Å². The third-order valence-electron chi connectivity index (χ3n) is 4.55. The molecule has 1 heterocycles. The minimum Gasteiger partial charge on any atom is -0.373 e. The minimum atomic E-state index is -0.554. The molecule has 0 amide bonds. The van der Waals surface area contributed by atoms with Gasteiger partial charge >= 0.3 is 0 Å². The van der Waals surface area contributed by atoms with Crippen molar-refractivity contribution in [2.75, 3.05) is 6.61 Å². The monoisotopic (exact) mass is 316 g/mol. The van der Waals surface area contributed by atoms with E-state index < -0.39 is 11.6 Å². The van der Waals surface area contributed by atoms with E-state index in [1.807, 2.05) is 24.3 Å². The summed E-state index contributed by atoms with van der Waals surface area (Å²) < 4.78 is 32.6. The maximum Gasteiger partial charge on any atom is 0.126 e. The second-order valence-electron chi connectivity index (χ2n) is 6.33. The summed E-state index contributed by atoms with van der Waals surface area (Å²) in [7, 11) is 0. The lowest BCUT2D eigenvalue weighted by Crippen LogP contribution is -2.20. The SMILES string of the molecule is CCCC1CCC(c2ccc(-c3cc(F)cc(F)c3)cc2)OC1. The first-order valence-corrected chi connectivity index (χ1v) is 8.33. The second kappa shape index (κ2) is 7.22. The lowest BCUT2D eigenvalue weighted by molar-refractivity contribution is -0.0194. The standard InChI is InChI=1S/C20H22F2O/c1-2-3-14-4-9-20(23-13-14)16-7-5-15(6-8-16)17-10-18(21)12-19(22)11-17/h5-8,10-12,14,20H,2-4,9,13H2,1H3. The van der Waals surface area contributed by atoms with Crippen LogP contribution in [0.2, 0.25) is 0 Å². The Hall–Kier alpha value is -1.74. The third-order valence-corrected chi connectivity index (χ3v) is 4.55. The summed E-state index contributed by atoms with van der Waals surface area (Å²) in [5.41, 5.74) is 2.51. The fourth-order valence-electron chi connectivity index (χ4n) is 3.32. The molecule has 2 aromatic carbocycles. The lowest BCUT2D eigenvalue weighted by Gasteiger charge is -2.29. The zero-order valence-electron chi connectivity index (χ0n) is 13.4. The molecule has 0 saturated carbocycles. The summed E-state index contributed by atoms with van der Waals surface area (Å²) in [5, 5.41) is 0. The largest absolute Gasteiger partial charge is 0.373 e.